The van der Waals surface area contributed by atoms with Crippen molar-refractivity contribution < 1.29 is 5.11 Å². The second-order valence-electron chi connectivity index (χ2n) is 3.41. The van der Waals surface area contributed by atoms with Crippen molar-refractivity contribution in [2.45, 2.75) is 0 Å². The fourth-order valence-corrected chi connectivity index (χ4v) is 2.27. The molecule has 92 valence electrons. The summed E-state index contributed by atoms with van der Waals surface area (Å²) in [6, 6.07) is 6.45. The van der Waals surface area contributed by atoms with Crippen LogP contribution < -0.4 is 5.73 Å². The number of nitrogen functional groups attached to an aromatic ring is 1. The quantitative estimate of drug-likeness (QED) is 0.609. The van der Waals surface area contributed by atoms with Crippen LogP contribution in [0.3, 0.4) is 0 Å². The minimum atomic E-state index is -0.0213. The van der Waals surface area contributed by atoms with Gasteiger partial charge in [-0.2, -0.15) is 0 Å². The molecule has 1 aromatic carbocycles. The van der Waals surface area contributed by atoms with Crippen LogP contribution in [0.15, 0.2) is 49.6 Å². The largest absolute Gasteiger partial charge is 0.506 e. The number of pyridine rings is 1. The SMILES string of the molecule is Nc1ccc(N=Nc2ncc(Br)cc2Br)c(O)c1. The van der Waals surface area contributed by atoms with E-state index in [1.807, 2.05) is 6.07 Å². The molecule has 0 bridgehead atoms. The molecule has 2 aromatic rings. The van der Waals surface area contributed by atoms with Crippen molar-refractivity contribution in [3.8, 4) is 5.75 Å². The Morgan fingerprint density at radius 2 is 1.94 bits per heavy atom. The van der Waals surface area contributed by atoms with E-state index in [2.05, 4.69) is 47.1 Å². The number of nitrogens with zero attached hydrogens (tertiary/aromatic N) is 3. The first-order chi connectivity index (χ1) is 8.56. The number of nitrogens with two attached hydrogens (primary N) is 1. The highest BCUT2D eigenvalue weighted by atomic mass is 79.9. The van der Waals surface area contributed by atoms with Gasteiger partial charge in [-0.05, 0) is 50.1 Å². The lowest BCUT2D eigenvalue weighted by Gasteiger charge is -1.99. The normalized spacial score (nSPS) is 11.0. The maximum atomic E-state index is 9.61. The van der Waals surface area contributed by atoms with Crippen molar-refractivity contribution in [1.82, 2.24) is 4.98 Å². The summed E-state index contributed by atoms with van der Waals surface area (Å²) in [5.74, 6) is 0.404. The Kier molecular flexibility index (Phi) is 3.93. The van der Waals surface area contributed by atoms with E-state index in [0.717, 1.165) is 4.47 Å². The molecule has 0 aliphatic carbocycles. The van der Waals surface area contributed by atoms with Gasteiger partial charge in [0.05, 0.1) is 4.47 Å². The Balaban J connectivity index is 2.30. The van der Waals surface area contributed by atoms with E-state index < -0.39 is 0 Å². The molecule has 1 heterocycles. The smallest absolute Gasteiger partial charge is 0.188 e. The van der Waals surface area contributed by atoms with Gasteiger partial charge in [0.2, 0.25) is 0 Å². The predicted octanol–water partition coefficient (Wildman–Crippen LogP) is 4.31. The van der Waals surface area contributed by atoms with Crippen LogP contribution in [0.4, 0.5) is 17.2 Å². The molecule has 3 N–H and O–H groups in total. The first kappa shape index (κ1) is 13.0. The molecule has 0 radical (unpaired) electrons. The van der Waals surface area contributed by atoms with E-state index in [4.69, 9.17) is 5.73 Å². The van der Waals surface area contributed by atoms with E-state index in [-0.39, 0.29) is 5.75 Å². The van der Waals surface area contributed by atoms with Crippen LogP contribution in [-0.2, 0) is 0 Å². The maximum Gasteiger partial charge on any atom is 0.188 e. The van der Waals surface area contributed by atoms with Crippen molar-refractivity contribution in [2.24, 2.45) is 10.2 Å². The molecule has 2 rings (SSSR count). The summed E-state index contributed by atoms with van der Waals surface area (Å²) >= 11 is 6.62. The zero-order chi connectivity index (χ0) is 13.1. The first-order valence-electron chi connectivity index (χ1n) is 4.87. The van der Waals surface area contributed by atoms with Gasteiger partial charge in [-0.15, -0.1) is 10.2 Å². The van der Waals surface area contributed by atoms with Gasteiger partial charge in [0.1, 0.15) is 11.4 Å². The van der Waals surface area contributed by atoms with Crippen LogP contribution >= 0.6 is 31.9 Å². The monoisotopic (exact) mass is 370 g/mol. The summed E-state index contributed by atoms with van der Waals surface area (Å²) in [5, 5.41) is 17.5. The zero-order valence-corrected chi connectivity index (χ0v) is 12.2. The molecule has 0 saturated carbocycles. The van der Waals surface area contributed by atoms with Gasteiger partial charge in [-0.25, -0.2) is 4.98 Å². The molecule has 0 unspecified atom stereocenters. The maximum absolute atomic E-state index is 9.61. The predicted molar refractivity (Wildman–Crippen MR) is 76.3 cm³/mol. The molecule has 0 fully saturated rings. The zero-order valence-electron chi connectivity index (χ0n) is 9.01. The Labute approximate surface area is 120 Å². The average molecular weight is 372 g/mol. The van der Waals surface area contributed by atoms with Crippen LogP contribution in [0.2, 0.25) is 0 Å². The number of rotatable bonds is 2. The number of phenols is 1. The summed E-state index contributed by atoms with van der Waals surface area (Å²) in [7, 11) is 0. The van der Waals surface area contributed by atoms with Crippen LogP contribution in [0, 0.1) is 0 Å². The Morgan fingerprint density at radius 1 is 1.17 bits per heavy atom. The molecule has 5 nitrogen and oxygen atoms in total. The number of benzene rings is 1. The van der Waals surface area contributed by atoms with Crippen molar-refractivity contribution in [2.75, 3.05) is 5.73 Å². The highest BCUT2D eigenvalue weighted by molar-refractivity contribution is 9.11. The van der Waals surface area contributed by atoms with Gasteiger partial charge in [0.25, 0.3) is 0 Å². The molecule has 7 heteroatoms. The first-order valence-corrected chi connectivity index (χ1v) is 6.46. The van der Waals surface area contributed by atoms with Gasteiger partial charge in [0.15, 0.2) is 5.82 Å². The fraction of sp³-hybridized carbons (Fsp3) is 0. The highest BCUT2D eigenvalue weighted by Gasteiger charge is 2.03. The molecule has 0 aliphatic heterocycles. The van der Waals surface area contributed by atoms with Crippen LogP contribution in [-0.4, -0.2) is 10.1 Å². The van der Waals surface area contributed by atoms with E-state index in [1.54, 1.807) is 18.3 Å². The van der Waals surface area contributed by atoms with Crippen LogP contribution in [0.25, 0.3) is 0 Å². The number of halogens is 2. The van der Waals surface area contributed by atoms with E-state index >= 15 is 0 Å². The van der Waals surface area contributed by atoms with Crippen molar-refractivity contribution in [1.29, 1.82) is 0 Å². The Bertz CT molecular complexity index is 562. The molecular formula is C11H8Br2N4O. The van der Waals surface area contributed by atoms with Gasteiger partial charge in [-0.1, -0.05) is 0 Å². The summed E-state index contributed by atoms with van der Waals surface area (Å²) in [6.45, 7) is 0. The summed E-state index contributed by atoms with van der Waals surface area (Å²) in [6.07, 6.45) is 1.61. The fourth-order valence-electron chi connectivity index (χ4n) is 1.21. The molecular weight excluding hydrogens is 364 g/mol. The second kappa shape index (κ2) is 5.45. The molecule has 18 heavy (non-hydrogen) atoms. The van der Waals surface area contributed by atoms with Gasteiger partial charge >= 0.3 is 0 Å². The molecule has 0 spiro atoms. The van der Waals surface area contributed by atoms with Crippen LogP contribution in [0.1, 0.15) is 0 Å². The topological polar surface area (TPSA) is 83.9 Å². The van der Waals surface area contributed by atoms with Gasteiger partial charge < -0.3 is 10.8 Å². The minimum absolute atomic E-state index is 0.0213. The molecule has 1 aromatic heterocycles. The number of aromatic hydroxyl groups is 1. The third-order valence-electron chi connectivity index (χ3n) is 2.04. The second-order valence-corrected chi connectivity index (χ2v) is 5.18. The van der Waals surface area contributed by atoms with Crippen molar-refractivity contribution in [3.05, 3.63) is 39.4 Å². The molecule has 0 atom stereocenters. The number of aromatic nitrogens is 1. The third kappa shape index (κ3) is 3.05. The number of phenolic OH excluding ortho intramolecular Hbond substituents is 1. The standard InChI is InChI=1S/C11H8Br2N4O/c12-6-3-8(13)11(15-5-6)17-16-9-2-1-7(14)4-10(9)18/h1-5,18H,14H2. The number of anilines is 1. The van der Waals surface area contributed by atoms with Crippen molar-refractivity contribution >= 4 is 49.1 Å². The summed E-state index contributed by atoms with van der Waals surface area (Å²) in [4.78, 5) is 4.08. The Hall–Kier alpha value is -1.47. The minimum Gasteiger partial charge on any atom is -0.506 e. The summed E-state index contributed by atoms with van der Waals surface area (Å²) in [5.41, 5.74) is 6.32. The highest BCUT2D eigenvalue weighted by Crippen LogP contribution is 2.31. The lowest BCUT2D eigenvalue weighted by Crippen LogP contribution is -1.82. The lowest BCUT2D eigenvalue weighted by molar-refractivity contribution is 0.476. The van der Waals surface area contributed by atoms with E-state index in [9.17, 15) is 5.11 Å². The van der Waals surface area contributed by atoms with Gasteiger partial charge in [-0.3, -0.25) is 0 Å². The lowest BCUT2D eigenvalue weighted by atomic mass is 10.3. The average Bonchev–Trinajstić information content (AvgIpc) is 2.30. The number of azo groups is 1. The molecule has 0 saturated heterocycles. The molecule has 0 aliphatic rings. The Morgan fingerprint density at radius 3 is 2.61 bits per heavy atom. The summed E-state index contributed by atoms with van der Waals surface area (Å²) < 4.78 is 1.54. The number of hydrogen-bond acceptors (Lipinski definition) is 5. The van der Waals surface area contributed by atoms with Crippen molar-refractivity contribution in [3.63, 3.8) is 0 Å². The third-order valence-corrected chi connectivity index (χ3v) is 3.06. The van der Waals surface area contributed by atoms with E-state index in [1.165, 1.54) is 6.07 Å². The van der Waals surface area contributed by atoms with E-state index in [0.29, 0.717) is 21.7 Å². The van der Waals surface area contributed by atoms with Crippen LogP contribution in [0.5, 0.6) is 5.75 Å². The number of hydrogen-bond donors (Lipinski definition) is 2. The molecule has 0 amide bonds. The van der Waals surface area contributed by atoms with Gasteiger partial charge in [0, 0.05) is 22.4 Å².